The summed E-state index contributed by atoms with van der Waals surface area (Å²) in [5.41, 5.74) is 5.29. The highest BCUT2D eigenvalue weighted by Crippen LogP contribution is 2.25. The Morgan fingerprint density at radius 2 is 2.04 bits per heavy atom. The molecule has 3 heterocycles. The fourth-order valence-electron chi connectivity index (χ4n) is 2.69. The Morgan fingerprint density at radius 1 is 1.31 bits per heavy atom. The molecule has 0 unspecified atom stereocenters. The van der Waals surface area contributed by atoms with Crippen molar-refractivity contribution in [2.75, 3.05) is 29.0 Å². The molecule has 3 rings (SSSR count). The monoisotopic (exact) mass is 421 g/mol. The Labute approximate surface area is 157 Å². The first-order chi connectivity index (χ1) is 12.4. The number of carbonyl (C=O) groups is 1. The van der Waals surface area contributed by atoms with E-state index in [2.05, 4.69) is 36.2 Å². The van der Waals surface area contributed by atoms with Gasteiger partial charge in [-0.15, -0.1) is 0 Å². The number of halogens is 1. The van der Waals surface area contributed by atoms with Gasteiger partial charge in [-0.05, 0) is 40.9 Å². The number of hydrogen-bond donors (Lipinski definition) is 2. The van der Waals surface area contributed by atoms with Gasteiger partial charge in [0.1, 0.15) is 12.0 Å². The number of hydrogen-bond acceptors (Lipinski definition) is 8. The second-order valence-electron chi connectivity index (χ2n) is 5.81. The van der Waals surface area contributed by atoms with Crippen molar-refractivity contribution >= 4 is 45.1 Å². The van der Waals surface area contributed by atoms with E-state index in [0.29, 0.717) is 37.7 Å². The van der Waals surface area contributed by atoms with Crippen molar-refractivity contribution in [3.63, 3.8) is 0 Å². The summed E-state index contributed by atoms with van der Waals surface area (Å²) in [7, 11) is 0. The van der Waals surface area contributed by atoms with Crippen molar-refractivity contribution in [3.8, 4) is 0 Å². The summed E-state index contributed by atoms with van der Waals surface area (Å²) in [4.78, 5) is 36.5. The SMILES string of the molecule is Nc1nc(N2CCC(C(=O)Nc3ccc(Br)cn3)CC2)ncc1[N+](=O)[O-]. The average molecular weight is 422 g/mol. The van der Waals surface area contributed by atoms with E-state index in [0.717, 1.165) is 10.7 Å². The van der Waals surface area contributed by atoms with E-state index in [-0.39, 0.29) is 23.3 Å². The Balaban J connectivity index is 1.58. The second-order valence-corrected chi connectivity index (χ2v) is 6.73. The van der Waals surface area contributed by atoms with Gasteiger partial charge in [-0.2, -0.15) is 4.98 Å². The van der Waals surface area contributed by atoms with E-state index in [1.165, 1.54) is 0 Å². The summed E-state index contributed by atoms with van der Waals surface area (Å²) in [5.74, 6) is 0.450. The lowest BCUT2D eigenvalue weighted by atomic mass is 9.96. The van der Waals surface area contributed by atoms with Gasteiger partial charge in [0, 0.05) is 29.7 Å². The minimum atomic E-state index is -0.619. The fraction of sp³-hybridized carbons (Fsp3) is 0.333. The predicted octanol–water partition coefficient (Wildman–Crippen LogP) is 1.98. The molecule has 0 spiro atoms. The van der Waals surface area contributed by atoms with Gasteiger partial charge in [-0.1, -0.05) is 0 Å². The molecule has 2 aromatic rings. The van der Waals surface area contributed by atoms with Crippen LogP contribution in [0.5, 0.6) is 0 Å². The first kappa shape index (κ1) is 18.0. The van der Waals surface area contributed by atoms with Gasteiger partial charge in [0.15, 0.2) is 0 Å². The van der Waals surface area contributed by atoms with Crippen LogP contribution in [0.3, 0.4) is 0 Å². The van der Waals surface area contributed by atoms with Crippen LogP contribution in [-0.4, -0.2) is 38.9 Å². The molecule has 1 aliphatic heterocycles. The molecule has 11 heteroatoms. The highest BCUT2D eigenvalue weighted by atomic mass is 79.9. The van der Waals surface area contributed by atoms with Crippen LogP contribution in [0.2, 0.25) is 0 Å². The standard InChI is InChI=1S/C15H16BrN7O3/c16-10-1-2-12(18-7-10)20-14(24)9-3-5-22(6-4-9)15-19-8-11(23(25)26)13(17)21-15/h1-2,7-9H,3-6H2,(H2,17,19,21)(H,18,20,24). The third-order valence-electron chi connectivity index (χ3n) is 4.11. The largest absolute Gasteiger partial charge is 0.378 e. The van der Waals surface area contributed by atoms with E-state index in [1.54, 1.807) is 12.3 Å². The quantitative estimate of drug-likeness (QED) is 0.563. The van der Waals surface area contributed by atoms with Gasteiger partial charge < -0.3 is 16.0 Å². The van der Waals surface area contributed by atoms with Crippen LogP contribution in [-0.2, 0) is 4.79 Å². The van der Waals surface area contributed by atoms with Crippen LogP contribution in [0, 0.1) is 16.0 Å². The predicted molar refractivity (Wildman–Crippen MR) is 98.6 cm³/mol. The van der Waals surface area contributed by atoms with Crippen molar-refractivity contribution in [2.45, 2.75) is 12.8 Å². The van der Waals surface area contributed by atoms with Crippen LogP contribution < -0.4 is 16.0 Å². The molecule has 0 atom stereocenters. The van der Waals surface area contributed by atoms with E-state index in [4.69, 9.17) is 5.73 Å². The Kier molecular flexibility index (Phi) is 5.26. The molecular weight excluding hydrogens is 406 g/mol. The minimum absolute atomic E-state index is 0.0800. The Bertz CT molecular complexity index is 822. The molecule has 1 fully saturated rings. The number of rotatable bonds is 4. The number of piperidine rings is 1. The van der Waals surface area contributed by atoms with Gasteiger partial charge in [-0.25, -0.2) is 9.97 Å². The Morgan fingerprint density at radius 3 is 2.62 bits per heavy atom. The van der Waals surface area contributed by atoms with Gasteiger partial charge >= 0.3 is 5.69 Å². The molecule has 0 radical (unpaired) electrons. The average Bonchev–Trinajstić information content (AvgIpc) is 2.63. The van der Waals surface area contributed by atoms with Gasteiger partial charge in [0.2, 0.25) is 17.7 Å². The smallest absolute Gasteiger partial charge is 0.329 e. The third-order valence-corrected chi connectivity index (χ3v) is 4.58. The molecule has 3 N–H and O–H groups in total. The number of nitrogens with zero attached hydrogens (tertiary/aromatic N) is 5. The highest BCUT2D eigenvalue weighted by molar-refractivity contribution is 9.10. The molecule has 0 saturated carbocycles. The molecule has 10 nitrogen and oxygen atoms in total. The molecule has 0 aliphatic carbocycles. The zero-order chi connectivity index (χ0) is 18.7. The van der Waals surface area contributed by atoms with Crippen LogP contribution in [0.25, 0.3) is 0 Å². The maximum Gasteiger partial charge on any atom is 0.329 e. The highest BCUT2D eigenvalue weighted by Gasteiger charge is 2.27. The molecule has 1 saturated heterocycles. The van der Waals surface area contributed by atoms with Crippen molar-refractivity contribution < 1.29 is 9.72 Å². The molecule has 26 heavy (non-hydrogen) atoms. The van der Waals surface area contributed by atoms with E-state index in [1.807, 2.05) is 11.0 Å². The zero-order valence-corrected chi connectivity index (χ0v) is 15.2. The van der Waals surface area contributed by atoms with E-state index < -0.39 is 4.92 Å². The summed E-state index contributed by atoms with van der Waals surface area (Å²) >= 11 is 3.30. The van der Waals surface area contributed by atoms with Crippen LogP contribution >= 0.6 is 15.9 Å². The molecule has 0 bridgehead atoms. The number of nitrogens with two attached hydrogens (primary N) is 1. The van der Waals surface area contributed by atoms with Crippen LogP contribution in [0.15, 0.2) is 29.0 Å². The normalized spacial score (nSPS) is 14.9. The summed E-state index contributed by atoms with van der Waals surface area (Å²) < 4.78 is 0.839. The maximum absolute atomic E-state index is 12.4. The third kappa shape index (κ3) is 4.04. The topological polar surface area (TPSA) is 140 Å². The lowest BCUT2D eigenvalue weighted by Crippen LogP contribution is -2.39. The molecule has 1 aliphatic rings. The van der Waals surface area contributed by atoms with Gasteiger partial charge in [0.05, 0.1) is 4.92 Å². The van der Waals surface area contributed by atoms with Crippen molar-refractivity contribution in [1.29, 1.82) is 0 Å². The minimum Gasteiger partial charge on any atom is -0.378 e. The van der Waals surface area contributed by atoms with E-state index >= 15 is 0 Å². The first-order valence-corrected chi connectivity index (χ1v) is 8.67. The van der Waals surface area contributed by atoms with Crippen molar-refractivity contribution in [3.05, 3.63) is 39.1 Å². The lowest BCUT2D eigenvalue weighted by molar-refractivity contribution is -0.384. The number of nitrogens with one attached hydrogen (secondary N) is 1. The maximum atomic E-state index is 12.4. The number of nitrogen functional groups attached to an aromatic ring is 1. The summed E-state index contributed by atoms with van der Waals surface area (Å²) in [5, 5.41) is 13.6. The number of nitro groups is 1. The summed E-state index contributed by atoms with van der Waals surface area (Å²) in [6.45, 7) is 1.12. The number of carbonyl (C=O) groups excluding carboxylic acids is 1. The fourth-order valence-corrected chi connectivity index (χ4v) is 2.93. The molecule has 0 aromatic carbocycles. The van der Waals surface area contributed by atoms with Crippen molar-refractivity contribution in [1.82, 2.24) is 15.0 Å². The number of aromatic nitrogens is 3. The number of pyridine rings is 1. The van der Waals surface area contributed by atoms with Gasteiger partial charge in [0.25, 0.3) is 0 Å². The van der Waals surface area contributed by atoms with E-state index in [9.17, 15) is 14.9 Å². The second kappa shape index (κ2) is 7.60. The number of anilines is 3. The molecule has 1 amide bonds. The van der Waals surface area contributed by atoms with Crippen molar-refractivity contribution in [2.24, 2.45) is 5.92 Å². The first-order valence-electron chi connectivity index (χ1n) is 7.88. The zero-order valence-electron chi connectivity index (χ0n) is 13.6. The number of amides is 1. The van der Waals surface area contributed by atoms with Crippen LogP contribution in [0.4, 0.5) is 23.3 Å². The summed E-state index contributed by atoms with van der Waals surface area (Å²) in [6.07, 6.45) is 3.95. The molecule has 2 aromatic heterocycles. The molecule has 136 valence electrons. The molecular formula is C15H16BrN7O3. The lowest BCUT2D eigenvalue weighted by Gasteiger charge is -2.31. The van der Waals surface area contributed by atoms with Crippen LogP contribution in [0.1, 0.15) is 12.8 Å². The van der Waals surface area contributed by atoms with Gasteiger partial charge in [-0.3, -0.25) is 14.9 Å². The summed E-state index contributed by atoms with van der Waals surface area (Å²) in [6, 6.07) is 3.53. The Hall–Kier alpha value is -2.82.